The minimum atomic E-state index is -0.0701. The number of nitrogens with one attached hydrogen (secondary N) is 7. The van der Waals surface area contributed by atoms with Crippen molar-refractivity contribution in [1.29, 1.82) is 0 Å². The normalized spacial score (nSPS) is 49.1. The molecule has 0 amide bonds. The molecule has 0 aromatic heterocycles. The predicted octanol–water partition coefficient (Wildman–Crippen LogP) is 12.1. The van der Waals surface area contributed by atoms with Crippen molar-refractivity contribution in [1.82, 2.24) is 42.1 Å². The lowest BCUT2D eigenvalue weighted by molar-refractivity contribution is -0.181. The van der Waals surface area contributed by atoms with Crippen LogP contribution >= 0.6 is 0 Å². The summed E-state index contributed by atoms with van der Waals surface area (Å²) in [6.45, 7) is 18.9. The number of methoxy groups -OCH3 is 2. The number of ether oxygens (including phenoxy) is 8. The Morgan fingerprint density at radius 3 is 0.737 bits per heavy atom. The van der Waals surface area contributed by atoms with Gasteiger partial charge in [0.2, 0.25) is 0 Å². The van der Waals surface area contributed by atoms with E-state index < -0.39 is 0 Å². The highest BCUT2D eigenvalue weighted by Crippen LogP contribution is 2.61. The first-order chi connectivity index (χ1) is 46.8. The second-order valence-corrected chi connectivity index (χ2v) is 34.2. The van der Waals surface area contributed by atoms with Crippen LogP contribution in [0.5, 0.6) is 0 Å². The van der Waals surface area contributed by atoms with E-state index in [2.05, 4.69) is 83.7 Å². The summed E-state index contributed by atoms with van der Waals surface area (Å²) in [6.07, 6.45) is 36.4. The molecule has 14 fully saturated rings. The molecule has 9 aliphatic carbocycles. The van der Waals surface area contributed by atoms with Crippen molar-refractivity contribution in [2.24, 2.45) is 107 Å². The van der Waals surface area contributed by atoms with Gasteiger partial charge in [0, 0.05) is 101 Å². The third-order valence-corrected chi connectivity index (χ3v) is 29.4. The summed E-state index contributed by atoms with van der Waals surface area (Å²) in [7, 11) is 6.66. The maximum absolute atomic E-state index is 7.72. The second kappa shape index (κ2) is 33.0. The third kappa shape index (κ3) is 13.8. The van der Waals surface area contributed by atoms with Gasteiger partial charge in [-0.25, -0.2) is 0 Å². The molecule has 0 aromatic carbocycles. The Labute approximate surface area is 577 Å². The van der Waals surface area contributed by atoms with E-state index >= 15 is 0 Å². The van der Waals surface area contributed by atoms with Crippen LogP contribution in [-0.2, 0) is 37.9 Å². The fourth-order valence-corrected chi connectivity index (χ4v) is 25.4. The maximum atomic E-state index is 7.72. The largest absolute Gasteiger partial charge is 0.381 e. The Kier molecular flexibility index (Phi) is 24.8. The van der Waals surface area contributed by atoms with Gasteiger partial charge in [0.1, 0.15) is 0 Å². The quantitative estimate of drug-likeness (QED) is 0.0410. The van der Waals surface area contributed by atoms with E-state index in [1.807, 2.05) is 0 Å². The monoisotopic (exact) mass is 1330 g/mol. The summed E-state index contributed by atoms with van der Waals surface area (Å²) >= 11 is 0. The summed E-state index contributed by atoms with van der Waals surface area (Å²) in [5.41, 5.74) is 0. The standard InChI is InChI=1S/C79H140N8O8/c1-10-16-38-90-66-48-32-24-25-33-49(48)67(91-39-17-11-2)59-58(66)73-80-72-56-57(65(89-9)55-45-47-31-23-22-30-46(47)44-54(55)64(56)88-8)76(83-72)85-78-62-63(71(95-43-21-15-6)53-37-29-28-36-52(53)70(62)94-42-20-14-5)79(87(78)7)86-77-61-60(75(84-77)82-74(59)81-73)68(92-40-18-12-3)50-34-26-27-35-51(50)69(61)93-41-19-13-4/h46-86H,10-45H2,1-9H3. The van der Waals surface area contributed by atoms with Crippen LogP contribution in [0.1, 0.15) is 234 Å². The Balaban J connectivity index is 0.953. The molecule has 0 radical (unpaired) electrons. The molecule has 16 heteroatoms. The smallest absolute Gasteiger partial charge is 0.0678 e. The zero-order chi connectivity index (χ0) is 65.3. The van der Waals surface area contributed by atoms with E-state index in [0.29, 0.717) is 47.3 Å². The Bertz CT molecular complexity index is 2350. The van der Waals surface area contributed by atoms with Crippen molar-refractivity contribution in [2.75, 3.05) is 60.9 Å². The molecule has 9 saturated carbocycles. The van der Waals surface area contributed by atoms with E-state index in [1.54, 1.807) is 0 Å². The van der Waals surface area contributed by atoms with Gasteiger partial charge in [0.05, 0.1) is 98.2 Å². The number of rotatable bonds is 26. The fraction of sp³-hybridized carbons (Fsp3) is 1.00. The highest BCUT2D eigenvalue weighted by molar-refractivity contribution is 5.20. The Morgan fingerprint density at radius 1 is 0.274 bits per heavy atom. The Morgan fingerprint density at radius 2 is 0.495 bits per heavy atom. The van der Waals surface area contributed by atoms with Crippen LogP contribution in [0, 0.1) is 107 Å². The molecular formula is C79H140N8O8. The number of unbranched alkanes of at least 4 members (excludes halogenated alkanes) is 6. The molecular weight excluding hydrogens is 1190 g/mol. The van der Waals surface area contributed by atoms with Crippen LogP contribution < -0.4 is 37.2 Å². The first-order valence-corrected chi connectivity index (χ1v) is 41.6. The zero-order valence-electron chi connectivity index (χ0n) is 61.3. The van der Waals surface area contributed by atoms with Crippen molar-refractivity contribution in [3.05, 3.63) is 0 Å². The van der Waals surface area contributed by atoms with Crippen LogP contribution in [-0.4, -0.2) is 164 Å². The molecule has 34 unspecified atom stereocenters. The van der Waals surface area contributed by atoms with Gasteiger partial charge in [-0.3, -0.25) is 42.1 Å². The minimum absolute atomic E-state index is 0.0142. The van der Waals surface area contributed by atoms with Gasteiger partial charge in [-0.2, -0.15) is 0 Å². The number of nitrogens with zero attached hydrogens (tertiary/aromatic N) is 1. The summed E-state index contributed by atoms with van der Waals surface area (Å²) in [5.74, 6) is 6.37. The number of hydrogen-bond donors (Lipinski definition) is 7. The van der Waals surface area contributed by atoms with Gasteiger partial charge in [-0.15, -0.1) is 0 Å². The second-order valence-electron chi connectivity index (χ2n) is 34.2. The van der Waals surface area contributed by atoms with Crippen molar-refractivity contribution in [3.8, 4) is 0 Å². The lowest BCUT2D eigenvalue weighted by atomic mass is 9.54. The molecule has 14 rings (SSSR count). The topological polar surface area (TPSA) is 161 Å². The molecule has 34 atom stereocenters. The molecule has 7 N–H and O–H groups in total. The van der Waals surface area contributed by atoms with E-state index in [1.165, 1.54) is 116 Å². The van der Waals surface area contributed by atoms with Gasteiger partial charge in [-0.05, 0) is 156 Å². The van der Waals surface area contributed by atoms with Gasteiger partial charge < -0.3 is 37.9 Å². The van der Waals surface area contributed by atoms with E-state index in [-0.39, 0.29) is 146 Å². The van der Waals surface area contributed by atoms with Crippen molar-refractivity contribution >= 4 is 0 Å². The maximum Gasteiger partial charge on any atom is 0.0678 e. The molecule has 5 heterocycles. The van der Waals surface area contributed by atoms with Crippen LogP contribution in [0.15, 0.2) is 0 Å². The SMILES string of the molecule is CCCCOC1C2CCCCC2C(OCCCC)C2C3NC(NC4NC(NC5C6C(OCCCC)C7CCCCC7C(OCCCC)C6C(NC6NC(N3)C3C(OCCCC)C7CCCCC7C(OCCCC)C63)N5C)C3C(OC)C5CC6CCCCC6CC5C(OC)C43)C12. The summed E-state index contributed by atoms with van der Waals surface area (Å²) < 4.78 is 60.7. The molecule has 0 spiro atoms. The molecule has 544 valence electrons. The Hall–Kier alpha value is -0.640. The molecule has 5 aliphatic heterocycles. The lowest BCUT2D eigenvalue weighted by Gasteiger charge is -2.56. The van der Waals surface area contributed by atoms with Crippen molar-refractivity contribution in [2.45, 2.75) is 332 Å². The molecule has 14 aliphatic rings. The summed E-state index contributed by atoms with van der Waals surface area (Å²) in [4.78, 5) is 2.82. The summed E-state index contributed by atoms with van der Waals surface area (Å²) in [5, 5.41) is 33.0. The third-order valence-electron chi connectivity index (χ3n) is 29.4. The highest BCUT2D eigenvalue weighted by Gasteiger charge is 2.70. The van der Waals surface area contributed by atoms with E-state index in [0.717, 1.165) is 129 Å². The minimum Gasteiger partial charge on any atom is -0.381 e. The first kappa shape index (κ1) is 71.4. The number of fused-ring (bicyclic) bond motifs is 25. The lowest BCUT2D eigenvalue weighted by Crippen LogP contribution is -2.64. The summed E-state index contributed by atoms with van der Waals surface area (Å²) in [6, 6.07) is 0. The average molecular weight is 1330 g/mol. The molecule has 16 nitrogen and oxygen atoms in total. The molecule has 0 aromatic rings. The highest BCUT2D eigenvalue weighted by atomic mass is 16.5. The van der Waals surface area contributed by atoms with Crippen LogP contribution in [0.25, 0.3) is 0 Å². The van der Waals surface area contributed by atoms with Crippen LogP contribution in [0.4, 0.5) is 0 Å². The van der Waals surface area contributed by atoms with Gasteiger partial charge in [0.15, 0.2) is 0 Å². The van der Waals surface area contributed by atoms with E-state index in [9.17, 15) is 0 Å². The first-order valence-electron chi connectivity index (χ1n) is 41.6. The van der Waals surface area contributed by atoms with Gasteiger partial charge >= 0.3 is 0 Å². The molecule has 95 heavy (non-hydrogen) atoms. The van der Waals surface area contributed by atoms with Crippen LogP contribution in [0.3, 0.4) is 0 Å². The van der Waals surface area contributed by atoms with Crippen molar-refractivity contribution in [3.63, 3.8) is 0 Å². The molecule has 5 saturated heterocycles. The zero-order valence-corrected chi connectivity index (χ0v) is 61.3. The van der Waals surface area contributed by atoms with E-state index in [4.69, 9.17) is 59.2 Å². The molecule has 8 bridgehead atoms. The van der Waals surface area contributed by atoms with Crippen molar-refractivity contribution < 1.29 is 37.9 Å². The van der Waals surface area contributed by atoms with Gasteiger partial charge in [0.25, 0.3) is 0 Å². The average Bonchev–Trinajstić information content (AvgIpc) is 1.55. The number of hydrogen-bond acceptors (Lipinski definition) is 16. The predicted molar refractivity (Wildman–Crippen MR) is 375 cm³/mol. The van der Waals surface area contributed by atoms with Crippen LogP contribution in [0.2, 0.25) is 0 Å². The fourth-order valence-electron chi connectivity index (χ4n) is 25.4. The van der Waals surface area contributed by atoms with Gasteiger partial charge in [-0.1, -0.05) is 144 Å².